The van der Waals surface area contributed by atoms with Crippen molar-refractivity contribution in [3.8, 4) is 0 Å². The van der Waals surface area contributed by atoms with Crippen LogP contribution in [0.4, 0.5) is 13.2 Å². The molecule has 7 heteroatoms. The van der Waals surface area contributed by atoms with Gasteiger partial charge in [0.05, 0.1) is 12.5 Å². The van der Waals surface area contributed by atoms with E-state index in [1.807, 2.05) is 4.90 Å². The third-order valence-corrected chi connectivity index (χ3v) is 4.42. The number of alkyl halides is 3. The Labute approximate surface area is 128 Å². The highest BCUT2D eigenvalue weighted by atomic mass is 19.4. The zero-order chi connectivity index (χ0) is 16.2. The van der Waals surface area contributed by atoms with Gasteiger partial charge in [-0.15, -0.1) is 0 Å². The molecule has 1 aliphatic carbocycles. The lowest BCUT2D eigenvalue weighted by molar-refractivity contribution is -0.144. The van der Waals surface area contributed by atoms with Gasteiger partial charge in [0, 0.05) is 25.4 Å². The van der Waals surface area contributed by atoms with Gasteiger partial charge in [-0.25, -0.2) is 0 Å². The summed E-state index contributed by atoms with van der Waals surface area (Å²) in [6.07, 6.45) is 0.758. The number of hydrogen-bond acceptors (Lipinski definition) is 2. The highest BCUT2D eigenvalue weighted by Gasteiger charge is 2.35. The van der Waals surface area contributed by atoms with Crippen LogP contribution >= 0.6 is 0 Å². The van der Waals surface area contributed by atoms with E-state index in [0.29, 0.717) is 6.54 Å². The molecule has 126 valence electrons. The molecule has 0 unspecified atom stereocenters. The number of rotatable bonds is 4. The number of halogens is 3. The summed E-state index contributed by atoms with van der Waals surface area (Å²) in [5.74, 6) is -0.620. The molecule has 0 aromatic rings. The zero-order valence-electron chi connectivity index (χ0n) is 12.6. The number of hydrogen-bond donors (Lipinski definition) is 1. The monoisotopic (exact) mass is 320 g/mol. The largest absolute Gasteiger partial charge is 0.389 e. The van der Waals surface area contributed by atoms with Gasteiger partial charge in [0.25, 0.3) is 0 Å². The van der Waals surface area contributed by atoms with Crippen LogP contribution in [0.5, 0.6) is 0 Å². The Bertz CT molecular complexity index is 404. The van der Waals surface area contributed by atoms with Crippen LogP contribution in [0.3, 0.4) is 0 Å². The molecule has 2 rings (SSSR count). The minimum atomic E-state index is -4.32. The molecule has 0 spiro atoms. The summed E-state index contributed by atoms with van der Waals surface area (Å²) in [6.45, 7) is 0.432. The fourth-order valence-electron chi connectivity index (χ4n) is 3.31. The van der Waals surface area contributed by atoms with Crippen molar-refractivity contribution in [3.63, 3.8) is 0 Å². The first kappa shape index (κ1) is 17.1. The van der Waals surface area contributed by atoms with Crippen LogP contribution in [0.1, 0.15) is 57.8 Å². The number of carbonyl (C=O) groups excluding carboxylic acids is 2. The van der Waals surface area contributed by atoms with Gasteiger partial charge in [-0.3, -0.25) is 9.59 Å². The standard InChI is InChI=1S/C15H23F3N2O2/c16-15(17,18)8-7-13(21)19-11-9-14(22)20(10-11)12-5-3-1-2-4-6-12/h11-12H,1-10H2,(H,19,21)/t11-/m0/s1. The summed E-state index contributed by atoms with van der Waals surface area (Å²) in [6, 6.07) is -0.122. The highest BCUT2D eigenvalue weighted by Crippen LogP contribution is 2.26. The molecule has 1 heterocycles. The summed E-state index contributed by atoms with van der Waals surface area (Å²) in [5.41, 5.74) is 0. The third kappa shape index (κ3) is 5.18. The van der Waals surface area contributed by atoms with Gasteiger partial charge in [0.15, 0.2) is 0 Å². The number of amides is 2. The average molecular weight is 320 g/mol. The maximum atomic E-state index is 12.1. The van der Waals surface area contributed by atoms with Crippen LogP contribution in [-0.2, 0) is 9.59 Å². The molecule has 4 nitrogen and oxygen atoms in total. The lowest BCUT2D eigenvalue weighted by Gasteiger charge is -2.27. The van der Waals surface area contributed by atoms with E-state index in [1.54, 1.807) is 0 Å². The van der Waals surface area contributed by atoms with Crippen molar-refractivity contribution in [2.75, 3.05) is 6.54 Å². The number of likely N-dealkylation sites (tertiary alicyclic amines) is 1. The van der Waals surface area contributed by atoms with E-state index in [1.165, 1.54) is 12.8 Å². The highest BCUT2D eigenvalue weighted by molar-refractivity contribution is 5.82. The fourth-order valence-corrected chi connectivity index (χ4v) is 3.31. The number of nitrogens with zero attached hydrogens (tertiary/aromatic N) is 1. The van der Waals surface area contributed by atoms with Crippen molar-refractivity contribution in [1.29, 1.82) is 0 Å². The van der Waals surface area contributed by atoms with Crippen molar-refractivity contribution < 1.29 is 22.8 Å². The van der Waals surface area contributed by atoms with E-state index in [-0.39, 0.29) is 24.4 Å². The average Bonchev–Trinajstić information content (AvgIpc) is 2.65. The summed E-state index contributed by atoms with van der Waals surface area (Å²) >= 11 is 0. The van der Waals surface area contributed by atoms with Crippen LogP contribution in [0.2, 0.25) is 0 Å². The van der Waals surface area contributed by atoms with Crippen LogP contribution in [0, 0.1) is 0 Å². The second-order valence-corrected chi connectivity index (χ2v) is 6.28. The van der Waals surface area contributed by atoms with E-state index in [9.17, 15) is 22.8 Å². The molecule has 1 atom stereocenters. The first-order chi connectivity index (χ1) is 10.3. The number of carbonyl (C=O) groups is 2. The predicted octanol–water partition coefficient (Wildman–Crippen LogP) is 2.77. The third-order valence-electron chi connectivity index (χ3n) is 4.42. The van der Waals surface area contributed by atoms with Crippen molar-refractivity contribution in [2.45, 2.75) is 76.0 Å². The van der Waals surface area contributed by atoms with E-state index in [0.717, 1.165) is 25.7 Å². The van der Waals surface area contributed by atoms with Crippen molar-refractivity contribution in [2.24, 2.45) is 0 Å². The maximum Gasteiger partial charge on any atom is 0.389 e. The number of nitrogens with one attached hydrogen (secondary N) is 1. The normalized spacial score (nSPS) is 24.4. The fraction of sp³-hybridized carbons (Fsp3) is 0.867. The Morgan fingerprint density at radius 3 is 2.41 bits per heavy atom. The summed E-state index contributed by atoms with van der Waals surface area (Å²) in [7, 11) is 0. The van der Waals surface area contributed by atoms with Gasteiger partial charge in [0.1, 0.15) is 0 Å². The van der Waals surface area contributed by atoms with E-state index < -0.39 is 24.9 Å². The Kier molecular flexibility index (Phi) is 5.69. The van der Waals surface area contributed by atoms with E-state index in [2.05, 4.69) is 5.32 Å². The quantitative estimate of drug-likeness (QED) is 0.810. The maximum absolute atomic E-state index is 12.1. The molecule has 1 N–H and O–H groups in total. The first-order valence-corrected chi connectivity index (χ1v) is 8.01. The molecule has 0 aromatic carbocycles. The smallest absolute Gasteiger partial charge is 0.351 e. The Hall–Kier alpha value is -1.27. The summed E-state index contributed by atoms with van der Waals surface area (Å²) in [5, 5.41) is 2.57. The lowest BCUT2D eigenvalue weighted by atomic mass is 10.1. The van der Waals surface area contributed by atoms with Crippen LogP contribution in [0.25, 0.3) is 0 Å². The van der Waals surface area contributed by atoms with Gasteiger partial charge >= 0.3 is 6.18 Å². The van der Waals surface area contributed by atoms with E-state index >= 15 is 0 Å². The van der Waals surface area contributed by atoms with Gasteiger partial charge in [-0.2, -0.15) is 13.2 Å². The second kappa shape index (κ2) is 7.33. The molecule has 0 aromatic heterocycles. The summed E-state index contributed by atoms with van der Waals surface area (Å²) < 4.78 is 36.3. The Balaban J connectivity index is 1.80. The van der Waals surface area contributed by atoms with Crippen LogP contribution < -0.4 is 5.32 Å². The first-order valence-electron chi connectivity index (χ1n) is 8.01. The molecular weight excluding hydrogens is 297 g/mol. The molecule has 2 aliphatic rings. The molecular formula is C15H23F3N2O2. The Morgan fingerprint density at radius 1 is 1.18 bits per heavy atom. The van der Waals surface area contributed by atoms with E-state index in [4.69, 9.17) is 0 Å². The lowest BCUT2D eigenvalue weighted by Crippen LogP contribution is -2.40. The van der Waals surface area contributed by atoms with Crippen LogP contribution in [0.15, 0.2) is 0 Å². The topological polar surface area (TPSA) is 49.4 Å². The molecule has 1 aliphatic heterocycles. The molecule has 2 fully saturated rings. The predicted molar refractivity (Wildman–Crippen MR) is 75.0 cm³/mol. The molecule has 0 radical (unpaired) electrons. The SMILES string of the molecule is O=C(CCC(F)(F)F)N[C@H]1CC(=O)N(C2CCCCCC2)C1. The van der Waals surface area contributed by atoms with Gasteiger partial charge in [-0.1, -0.05) is 25.7 Å². The molecule has 0 bridgehead atoms. The molecule has 22 heavy (non-hydrogen) atoms. The minimum absolute atomic E-state index is 0.00743. The molecule has 2 amide bonds. The van der Waals surface area contributed by atoms with Crippen molar-refractivity contribution in [1.82, 2.24) is 10.2 Å². The molecule has 1 saturated heterocycles. The Morgan fingerprint density at radius 2 is 1.82 bits per heavy atom. The van der Waals surface area contributed by atoms with Crippen molar-refractivity contribution in [3.05, 3.63) is 0 Å². The van der Waals surface area contributed by atoms with Crippen molar-refractivity contribution >= 4 is 11.8 Å². The minimum Gasteiger partial charge on any atom is -0.351 e. The van der Waals surface area contributed by atoms with Gasteiger partial charge < -0.3 is 10.2 Å². The zero-order valence-corrected chi connectivity index (χ0v) is 12.6. The van der Waals surface area contributed by atoms with Crippen LogP contribution in [-0.4, -0.2) is 41.5 Å². The second-order valence-electron chi connectivity index (χ2n) is 6.28. The van der Waals surface area contributed by atoms with Gasteiger partial charge in [0.2, 0.25) is 11.8 Å². The molecule has 1 saturated carbocycles. The van der Waals surface area contributed by atoms with Gasteiger partial charge in [-0.05, 0) is 12.8 Å². The summed E-state index contributed by atoms with van der Waals surface area (Å²) in [4.78, 5) is 25.5.